The Morgan fingerprint density at radius 1 is 0.971 bits per heavy atom. The fourth-order valence-corrected chi connectivity index (χ4v) is 3.15. The van der Waals surface area contributed by atoms with Crippen molar-refractivity contribution < 1.29 is 113 Å². The van der Waals surface area contributed by atoms with Crippen LogP contribution in [0.4, 0.5) is 0 Å². The number of rotatable bonds is 6. The molecule has 0 aromatic heterocycles. The van der Waals surface area contributed by atoms with Gasteiger partial charge in [-0.3, -0.25) is 14.5 Å². The zero-order valence-electron chi connectivity index (χ0n) is 19.7. The number of amides is 1. The van der Waals surface area contributed by atoms with E-state index in [0.717, 1.165) is 0 Å². The van der Waals surface area contributed by atoms with E-state index in [1.54, 1.807) is 37.3 Å². The van der Waals surface area contributed by atoms with Gasteiger partial charge in [0.25, 0.3) is 5.91 Å². The first-order valence-corrected chi connectivity index (χ1v) is 9.33. The Labute approximate surface area is 253 Å². The second-order valence-corrected chi connectivity index (χ2v) is 6.87. The van der Waals surface area contributed by atoms with Gasteiger partial charge in [-0.15, -0.1) is 0 Å². The number of aliphatic hydroxyl groups is 4. The quantitative estimate of drug-likeness (QED) is 0.154. The molecule has 13 heteroatoms. The molecule has 0 bridgehead atoms. The third-order valence-corrected chi connectivity index (χ3v) is 4.84. The molecule has 1 aliphatic rings. The summed E-state index contributed by atoms with van der Waals surface area (Å²) in [5.41, 5.74) is 2.46. The molecule has 0 aliphatic carbocycles. The number of carbonyl (C=O) groups excluding carboxylic acids is 2. The van der Waals surface area contributed by atoms with Crippen molar-refractivity contribution in [2.45, 2.75) is 19.5 Å². The molecule has 2 aromatic carbocycles. The minimum absolute atomic E-state index is 0. The number of ether oxygens (including phenoxy) is 1. The van der Waals surface area contributed by atoms with Gasteiger partial charge in [0.1, 0.15) is 18.1 Å². The predicted molar refractivity (Wildman–Crippen MR) is 111 cm³/mol. The molecule has 0 fully saturated rings. The molecule has 0 spiro atoms. The average molecular weight is 688 g/mol. The van der Waals surface area contributed by atoms with Crippen LogP contribution in [0.25, 0.3) is 17.2 Å². The van der Waals surface area contributed by atoms with E-state index in [1.165, 1.54) is 30.2 Å². The number of esters is 1. The summed E-state index contributed by atoms with van der Waals surface area (Å²) in [6.45, 7) is 1.32. The van der Waals surface area contributed by atoms with Crippen LogP contribution in [-0.2, 0) is 92.2 Å². The third kappa shape index (κ3) is 8.88. The maximum atomic E-state index is 12.7. The summed E-state index contributed by atoms with van der Waals surface area (Å²) < 4.78 is 4.61. The molecule has 35 heavy (non-hydrogen) atoms. The van der Waals surface area contributed by atoms with Gasteiger partial charge < -0.3 is 25.2 Å². The monoisotopic (exact) mass is 682 g/mol. The zero-order chi connectivity index (χ0) is 22.7. The fourth-order valence-electron chi connectivity index (χ4n) is 3.15. The van der Waals surface area contributed by atoms with Crippen molar-refractivity contribution in [2.75, 3.05) is 13.7 Å². The van der Waals surface area contributed by atoms with Crippen LogP contribution < -0.4 is 0 Å². The number of aliphatic imine (C=N–C) groups is 1. The van der Waals surface area contributed by atoms with E-state index in [1.807, 2.05) is 0 Å². The largest absolute Gasteiger partial charge is 0.468 e. The maximum absolute atomic E-state index is 12.7. The molecule has 9 nitrogen and oxygen atoms in total. The van der Waals surface area contributed by atoms with Gasteiger partial charge in [0.05, 0.1) is 7.11 Å². The van der Waals surface area contributed by atoms with Crippen molar-refractivity contribution >= 4 is 23.8 Å². The summed E-state index contributed by atoms with van der Waals surface area (Å²) in [6, 6.07) is 11.2. The van der Waals surface area contributed by atoms with Crippen LogP contribution in [0.5, 0.6) is 0 Å². The van der Waals surface area contributed by atoms with Gasteiger partial charge in [0, 0.05) is 89.0 Å². The second kappa shape index (κ2) is 16.1. The van der Waals surface area contributed by atoms with E-state index in [0.29, 0.717) is 28.1 Å². The molecule has 0 radical (unpaired) electrons. The van der Waals surface area contributed by atoms with Crippen LogP contribution in [0.2, 0.25) is 0 Å². The predicted octanol–water partition coefficient (Wildman–Crippen LogP) is 1.08. The molecule has 2 aromatic rings. The van der Waals surface area contributed by atoms with Gasteiger partial charge in [-0.2, -0.15) is 0 Å². The number of hydrogen-bond donors (Lipinski definition) is 4. The first-order chi connectivity index (χ1) is 14.7. The van der Waals surface area contributed by atoms with E-state index in [-0.39, 0.29) is 95.7 Å². The normalized spacial score (nSPS) is 13.5. The van der Waals surface area contributed by atoms with Crippen molar-refractivity contribution in [3.8, 4) is 11.1 Å². The van der Waals surface area contributed by atoms with Crippen LogP contribution in [0.15, 0.2) is 53.2 Å². The number of benzene rings is 2. The first kappa shape index (κ1) is 36.3. The minimum Gasteiger partial charge on any atom is -0.468 e. The van der Waals surface area contributed by atoms with E-state index in [2.05, 4.69) is 9.73 Å². The average Bonchev–Trinajstić information content (AvgIpc) is 3.00. The number of nitrogens with zero attached hydrogens (tertiary/aromatic N) is 2. The third-order valence-electron chi connectivity index (χ3n) is 4.84. The standard InChI is InChI=1S/C22H22N2O7.4Zn/c1-12-23-18(20(26)24(12)11-19(25)31-2)10-16-9-15(22(29)30)7-8-17(16)13-3-5-14(6-4-13)21(27)28;;;;/h3-10,21-22,27-30H,11H2,1-2H3;;;;/b18-10-;;;;. The van der Waals surface area contributed by atoms with Gasteiger partial charge in [0.15, 0.2) is 12.6 Å². The van der Waals surface area contributed by atoms with Gasteiger partial charge in [0.2, 0.25) is 0 Å². The van der Waals surface area contributed by atoms with Gasteiger partial charge in [-0.1, -0.05) is 36.4 Å². The Balaban J connectivity index is 0. The summed E-state index contributed by atoms with van der Waals surface area (Å²) in [5, 5.41) is 37.7. The molecule has 170 valence electrons. The molecule has 0 saturated heterocycles. The van der Waals surface area contributed by atoms with Crippen LogP contribution in [-0.4, -0.2) is 56.7 Å². The Morgan fingerprint density at radius 3 is 2.03 bits per heavy atom. The van der Waals surface area contributed by atoms with Gasteiger partial charge >= 0.3 is 5.97 Å². The molecular weight excluding hydrogens is 666 g/mol. The Morgan fingerprint density at radius 2 is 1.51 bits per heavy atom. The van der Waals surface area contributed by atoms with Crippen molar-refractivity contribution in [1.29, 1.82) is 0 Å². The Bertz CT molecular complexity index is 1070. The molecule has 0 saturated carbocycles. The van der Waals surface area contributed by atoms with E-state index >= 15 is 0 Å². The van der Waals surface area contributed by atoms with E-state index in [9.17, 15) is 30.0 Å². The SMILES string of the molecule is COC(=O)CN1C(=O)/C(=C/c2cc(C(O)O)ccc2-c2ccc(C(O)O)cc2)N=C1C.[Zn].[Zn].[Zn].[Zn]. The number of amidine groups is 1. The van der Waals surface area contributed by atoms with Crippen molar-refractivity contribution in [3.05, 3.63) is 64.9 Å². The van der Waals surface area contributed by atoms with Crippen LogP contribution in [0.1, 0.15) is 36.2 Å². The van der Waals surface area contributed by atoms with E-state index in [4.69, 9.17) is 0 Å². The van der Waals surface area contributed by atoms with Crippen LogP contribution in [0, 0.1) is 0 Å². The zero-order valence-corrected chi connectivity index (χ0v) is 31.6. The fraction of sp³-hybridized carbons (Fsp3) is 0.227. The molecule has 3 rings (SSSR count). The van der Waals surface area contributed by atoms with Gasteiger partial charge in [-0.25, -0.2) is 4.99 Å². The van der Waals surface area contributed by atoms with Crippen molar-refractivity contribution in [3.63, 3.8) is 0 Å². The molecular formula is C22H22N2O7Zn4. The molecule has 4 N–H and O–H groups in total. The maximum Gasteiger partial charge on any atom is 0.325 e. The summed E-state index contributed by atoms with van der Waals surface area (Å²) in [7, 11) is 1.23. The summed E-state index contributed by atoms with van der Waals surface area (Å²) >= 11 is 0. The molecule has 1 aliphatic heterocycles. The van der Waals surface area contributed by atoms with Crippen LogP contribution in [0.3, 0.4) is 0 Å². The van der Waals surface area contributed by atoms with Crippen molar-refractivity contribution in [2.24, 2.45) is 4.99 Å². The number of aliphatic hydroxyl groups excluding tert-OH is 2. The number of hydrogen-bond acceptors (Lipinski definition) is 8. The molecule has 0 atom stereocenters. The second-order valence-electron chi connectivity index (χ2n) is 6.87. The molecule has 0 unspecified atom stereocenters. The Hall–Kier alpha value is -0.876. The van der Waals surface area contributed by atoms with Gasteiger partial charge in [-0.05, 0) is 35.8 Å². The van der Waals surface area contributed by atoms with Crippen LogP contribution >= 0.6 is 0 Å². The summed E-state index contributed by atoms with van der Waals surface area (Å²) in [6.07, 6.45) is -1.81. The topological polar surface area (TPSA) is 140 Å². The summed E-state index contributed by atoms with van der Waals surface area (Å²) in [4.78, 5) is 29.7. The number of methoxy groups -OCH3 is 1. The van der Waals surface area contributed by atoms with Crippen molar-refractivity contribution in [1.82, 2.24) is 4.90 Å². The molecule has 1 heterocycles. The summed E-state index contributed by atoms with van der Waals surface area (Å²) in [5.74, 6) is -0.730. The Kier molecular flexibility index (Phi) is 16.7. The smallest absolute Gasteiger partial charge is 0.325 e. The first-order valence-electron chi connectivity index (χ1n) is 9.33. The van der Waals surface area contributed by atoms with E-state index < -0.39 is 24.5 Å². The minimum atomic E-state index is -1.71. The molecule has 1 amide bonds. The number of carbonyl (C=O) groups is 2.